The molecule has 1 aliphatic heterocycles. The van der Waals surface area contributed by atoms with E-state index in [-0.39, 0.29) is 6.03 Å². The van der Waals surface area contributed by atoms with Gasteiger partial charge in [0.15, 0.2) is 0 Å². The first kappa shape index (κ1) is 8.48. The number of nitrogens with zero attached hydrogens (tertiary/aromatic N) is 1. The zero-order valence-corrected chi connectivity index (χ0v) is 7.19. The molecule has 0 saturated carbocycles. The molecule has 60 valence electrons. The Labute approximate surface area is 73.5 Å². The van der Waals surface area contributed by atoms with Crippen LogP contribution in [0.15, 0.2) is 12.3 Å². The molecule has 0 fully saturated rings. The zero-order chi connectivity index (χ0) is 8.27. The van der Waals surface area contributed by atoms with E-state index in [0.717, 1.165) is 11.9 Å². The summed E-state index contributed by atoms with van der Waals surface area (Å²) in [5.74, 6) is 0. The highest BCUT2D eigenvalue weighted by Crippen LogP contribution is 2.16. The molecule has 6 heteroatoms. The Bertz CT molecular complexity index is 217. The standard InChI is InChI=1S/C5H6N2O2S2/c8-4-6-2-1-3-7(4)11-5(9)10/h1,3H,2H2,(H,6,8)(H,9,10). The SMILES string of the molecule is O=C(S)SN1C=CCNC1=O. The van der Waals surface area contributed by atoms with E-state index in [2.05, 4.69) is 17.9 Å². The average Bonchev–Trinajstić information content (AvgIpc) is 1.93. The van der Waals surface area contributed by atoms with Crippen LogP contribution in [0, 0.1) is 0 Å². The van der Waals surface area contributed by atoms with E-state index in [9.17, 15) is 9.59 Å². The minimum Gasteiger partial charge on any atom is -0.333 e. The van der Waals surface area contributed by atoms with Crippen LogP contribution >= 0.6 is 24.6 Å². The molecule has 0 aromatic carbocycles. The minimum atomic E-state index is -0.410. The van der Waals surface area contributed by atoms with Crippen LogP contribution in [0.2, 0.25) is 0 Å². The van der Waals surface area contributed by atoms with Crippen molar-refractivity contribution in [3.05, 3.63) is 12.3 Å². The molecule has 4 nitrogen and oxygen atoms in total. The van der Waals surface area contributed by atoms with Crippen LogP contribution < -0.4 is 5.32 Å². The number of hydrogen-bond donors (Lipinski definition) is 2. The van der Waals surface area contributed by atoms with Crippen molar-refractivity contribution >= 4 is 35.1 Å². The van der Waals surface area contributed by atoms with E-state index >= 15 is 0 Å². The lowest BCUT2D eigenvalue weighted by Crippen LogP contribution is -2.36. The fourth-order valence-electron chi connectivity index (χ4n) is 0.596. The largest absolute Gasteiger partial charge is 0.333 e. The van der Waals surface area contributed by atoms with E-state index in [0.29, 0.717) is 6.54 Å². The predicted octanol–water partition coefficient (Wildman–Crippen LogP) is 1.22. The van der Waals surface area contributed by atoms with E-state index in [1.54, 1.807) is 6.08 Å². The molecule has 0 bridgehead atoms. The van der Waals surface area contributed by atoms with Crippen LogP contribution in [0.4, 0.5) is 9.59 Å². The van der Waals surface area contributed by atoms with Crippen LogP contribution in [-0.4, -0.2) is 21.3 Å². The topological polar surface area (TPSA) is 49.4 Å². The van der Waals surface area contributed by atoms with Gasteiger partial charge < -0.3 is 5.32 Å². The van der Waals surface area contributed by atoms with Gasteiger partial charge in [-0.05, 0) is 6.08 Å². The summed E-state index contributed by atoms with van der Waals surface area (Å²) < 4.78 is 0.783. The van der Waals surface area contributed by atoms with Crippen molar-refractivity contribution in [1.82, 2.24) is 9.62 Å². The van der Waals surface area contributed by atoms with E-state index in [1.165, 1.54) is 10.5 Å². The van der Waals surface area contributed by atoms with Gasteiger partial charge in [-0.3, -0.25) is 4.79 Å². The Kier molecular flexibility index (Phi) is 2.84. The number of carbonyl (C=O) groups is 2. The maximum atomic E-state index is 10.9. The van der Waals surface area contributed by atoms with Gasteiger partial charge >= 0.3 is 6.03 Å². The molecule has 0 unspecified atom stereocenters. The van der Waals surface area contributed by atoms with Crippen LogP contribution in [0.25, 0.3) is 0 Å². The van der Waals surface area contributed by atoms with Crippen molar-refractivity contribution in [1.29, 1.82) is 0 Å². The van der Waals surface area contributed by atoms with E-state index in [4.69, 9.17) is 0 Å². The third kappa shape index (κ3) is 2.47. The van der Waals surface area contributed by atoms with Crippen molar-refractivity contribution in [2.45, 2.75) is 0 Å². The van der Waals surface area contributed by atoms with Crippen molar-refractivity contribution in [2.75, 3.05) is 6.54 Å². The maximum Gasteiger partial charge on any atom is 0.332 e. The fourth-order valence-corrected chi connectivity index (χ4v) is 1.32. The van der Waals surface area contributed by atoms with Gasteiger partial charge in [0.25, 0.3) is 4.45 Å². The first-order valence-electron chi connectivity index (χ1n) is 2.85. The third-order valence-electron chi connectivity index (χ3n) is 0.989. The molecule has 0 spiro atoms. The van der Waals surface area contributed by atoms with Crippen molar-refractivity contribution < 1.29 is 9.59 Å². The number of urea groups is 1. The fraction of sp³-hybridized carbons (Fsp3) is 0.200. The Morgan fingerprint density at radius 1 is 1.82 bits per heavy atom. The molecule has 11 heavy (non-hydrogen) atoms. The quantitative estimate of drug-likeness (QED) is 0.483. The van der Waals surface area contributed by atoms with Gasteiger partial charge in [0.2, 0.25) is 0 Å². The lowest BCUT2D eigenvalue weighted by Gasteiger charge is -2.18. The number of rotatable bonds is 1. The Hall–Kier alpha value is -0.620. The van der Waals surface area contributed by atoms with Crippen LogP contribution in [0.3, 0.4) is 0 Å². The molecule has 0 radical (unpaired) electrons. The minimum absolute atomic E-state index is 0.292. The molecule has 1 N–H and O–H groups in total. The molecule has 0 aromatic heterocycles. The summed E-state index contributed by atoms with van der Waals surface area (Å²) in [4.78, 5) is 21.3. The van der Waals surface area contributed by atoms with E-state index in [1.807, 2.05) is 0 Å². The monoisotopic (exact) mass is 190 g/mol. The van der Waals surface area contributed by atoms with Gasteiger partial charge in [-0.1, -0.05) is 12.6 Å². The summed E-state index contributed by atoms with van der Waals surface area (Å²) >= 11 is 4.26. The molecule has 2 amide bonds. The summed E-state index contributed by atoms with van der Waals surface area (Å²) in [5.41, 5.74) is 0. The van der Waals surface area contributed by atoms with Crippen LogP contribution in [0.1, 0.15) is 0 Å². The lowest BCUT2D eigenvalue weighted by molar-refractivity contribution is 0.232. The van der Waals surface area contributed by atoms with Gasteiger partial charge in [-0.25, -0.2) is 9.10 Å². The summed E-state index contributed by atoms with van der Waals surface area (Å²) in [6.07, 6.45) is 3.28. The molecule has 1 rings (SSSR count). The predicted molar refractivity (Wildman–Crippen MR) is 46.4 cm³/mol. The molecule has 0 atom stereocenters. The number of carbonyl (C=O) groups excluding carboxylic acids is 2. The average molecular weight is 190 g/mol. The van der Waals surface area contributed by atoms with Crippen molar-refractivity contribution in [3.63, 3.8) is 0 Å². The molecule has 0 saturated heterocycles. The molecule has 0 aromatic rings. The zero-order valence-electron chi connectivity index (χ0n) is 5.48. The van der Waals surface area contributed by atoms with Gasteiger partial charge in [-0.15, -0.1) is 0 Å². The second-order valence-corrected chi connectivity index (χ2v) is 3.41. The van der Waals surface area contributed by atoms with Crippen LogP contribution in [-0.2, 0) is 0 Å². The number of thiol groups is 1. The first-order valence-corrected chi connectivity index (χ1v) is 4.07. The molecular weight excluding hydrogens is 184 g/mol. The summed E-state index contributed by atoms with van der Waals surface area (Å²) in [6.45, 7) is 0.511. The second-order valence-electron chi connectivity index (χ2n) is 1.75. The second kappa shape index (κ2) is 3.68. The van der Waals surface area contributed by atoms with Crippen molar-refractivity contribution in [3.8, 4) is 0 Å². The number of hydrogen-bond acceptors (Lipinski definition) is 3. The maximum absolute atomic E-state index is 10.9. The summed E-state index contributed by atoms with van der Waals surface area (Å²) in [7, 11) is 0. The van der Waals surface area contributed by atoms with Gasteiger partial charge in [0, 0.05) is 24.7 Å². The highest BCUT2D eigenvalue weighted by Gasteiger charge is 2.15. The molecule has 0 aliphatic carbocycles. The lowest BCUT2D eigenvalue weighted by atomic mass is 10.5. The smallest absolute Gasteiger partial charge is 0.332 e. The number of amides is 2. The summed E-state index contributed by atoms with van der Waals surface area (Å²) in [6, 6.07) is -0.292. The number of nitrogens with one attached hydrogen (secondary N) is 1. The highest BCUT2D eigenvalue weighted by molar-refractivity contribution is 8.31. The van der Waals surface area contributed by atoms with E-state index < -0.39 is 4.45 Å². The highest BCUT2D eigenvalue weighted by atomic mass is 32.2. The molecule has 1 aliphatic rings. The third-order valence-corrected chi connectivity index (χ3v) is 1.87. The Morgan fingerprint density at radius 3 is 3.09 bits per heavy atom. The molecular formula is C5H6N2O2S2. The van der Waals surface area contributed by atoms with Crippen molar-refractivity contribution in [2.24, 2.45) is 0 Å². The summed E-state index contributed by atoms with van der Waals surface area (Å²) in [5, 5.41) is 2.53. The normalized spacial score (nSPS) is 16.5. The molecule has 1 heterocycles. The van der Waals surface area contributed by atoms with Crippen LogP contribution in [0.5, 0.6) is 0 Å². The van der Waals surface area contributed by atoms with Gasteiger partial charge in [0.05, 0.1) is 0 Å². The van der Waals surface area contributed by atoms with Gasteiger partial charge in [-0.2, -0.15) is 0 Å². The first-order chi connectivity index (χ1) is 5.20. The Balaban J connectivity index is 2.55. The van der Waals surface area contributed by atoms with Gasteiger partial charge in [0.1, 0.15) is 0 Å². The Morgan fingerprint density at radius 2 is 2.55 bits per heavy atom.